The number of aliphatic hydroxyl groups excluding tert-OH is 1. The summed E-state index contributed by atoms with van der Waals surface area (Å²) in [6, 6.07) is 8.46. The molecule has 1 fully saturated rings. The molecular weight excluding hydrogens is 236 g/mol. The fourth-order valence-corrected chi connectivity index (χ4v) is 2.45. The second-order valence-corrected chi connectivity index (χ2v) is 5.10. The number of nitrogens with one attached hydrogen (secondary N) is 1. The molecule has 2 rings (SSSR count). The molecule has 0 amide bonds. The molecule has 0 aromatic heterocycles. The van der Waals surface area contributed by atoms with Crippen LogP contribution < -0.4 is 10.2 Å². The van der Waals surface area contributed by atoms with Gasteiger partial charge in [0, 0.05) is 35.9 Å². The first-order valence-electron chi connectivity index (χ1n) is 6.06. The normalized spacial score (nSPS) is 25.7. The van der Waals surface area contributed by atoms with Gasteiger partial charge in [0.15, 0.2) is 0 Å². The summed E-state index contributed by atoms with van der Waals surface area (Å²) in [6.07, 6.45) is 1.07. The Morgan fingerprint density at radius 1 is 1.53 bits per heavy atom. The lowest BCUT2D eigenvalue weighted by Crippen LogP contribution is -2.42. The Kier molecular flexibility index (Phi) is 4.26. The van der Waals surface area contributed by atoms with E-state index in [1.165, 1.54) is 0 Å². The van der Waals surface area contributed by atoms with Crippen LogP contribution in [0.5, 0.6) is 0 Å². The molecule has 0 saturated carbocycles. The Balaban J connectivity index is 2.14. The van der Waals surface area contributed by atoms with Gasteiger partial charge >= 0.3 is 0 Å². The van der Waals surface area contributed by atoms with Gasteiger partial charge < -0.3 is 15.3 Å². The fourth-order valence-electron chi connectivity index (χ4n) is 2.26. The Hall–Kier alpha value is -0.770. The molecule has 1 aliphatic rings. The van der Waals surface area contributed by atoms with Crippen LogP contribution >= 0.6 is 11.6 Å². The Bertz CT molecular complexity index is 372. The van der Waals surface area contributed by atoms with Crippen molar-refractivity contribution in [3.63, 3.8) is 0 Å². The second kappa shape index (κ2) is 5.71. The molecule has 0 spiro atoms. The van der Waals surface area contributed by atoms with Crippen molar-refractivity contribution in [2.45, 2.75) is 25.4 Å². The standard InChI is InChI=1S/C13H19ClN2O/c1-10-5-6-16(8-12(9-17)15-10)13-4-2-3-11(14)7-13/h2-4,7,10,12,15,17H,5-6,8-9H2,1H3. The molecule has 4 heteroatoms. The van der Waals surface area contributed by atoms with Crippen LogP contribution in [0.15, 0.2) is 24.3 Å². The fraction of sp³-hybridized carbons (Fsp3) is 0.538. The zero-order valence-electron chi connectivity index (χ0n) is 10.1. The Morgan fingerprint density at radius 3 is 3.06 bits per heavy atom. The summed E-state index contributed by atoms with van der Waals surface area (Å²) in [4.78, 5) is 2.28. The third-order valence-corrected chi connectivity index (χ3v) is 3.42. The van der Waals surface area contributed by atoms with Crippen molar-refractivity contribution < 1.29 is 5.11 Å². The number of anilines is 1. The predicted octanol–water partition coefficient (Wildman–Crippen LogP) is 1.89. The van der Waals surface area contributed by atoms with Gasteiger partial charge in [-0.25, -0.2) is 0 Å². The van der Waals surface area contributed by atoms with E-state index >= 15 is 0 Å². The first-order chi connectivity index (χ1) is 8.19. The van der Waals surface area contributed by atoms with Gasteiger partial charge in [-0.15, -0.1) is 0 Å². The Labute approximate surface area is 107 Å². The van der Waals surface area contributed by atoms with Crippen LogP contribution in [0.25, 0.3) is 0 Å². The summed E-state index contributed by atoms with van der Waals surface area (Å²) in [5, 5.41) is 13.5. The summed E-state index contributed by atoms with van der Waals surface area (Å²) >= 11 is 6.01. The monoisotopic (exact) mass is 254 g/mol. The number of hydrogen-bond acceptors (Lipinski definition) is 3. The lowest BCUT2D eigenvalue weighted by molar-refractivity contribution is 0.240. The van der Waals surface area contributed by atoms with Crippen LogP contribution in [0.3, 0.4) is 0 Å². The van der Waals surface area contributed by atoms with Gasteiger partial charge in [-0.1, -0.05) is 17.7 Å². The maximum Gasteiger partial charge on any atom is 0.0602 e. The summed E-state index contributed by atoms with van der Waals surface area (Å²) < 4.78 is 0. The molecule has 1 aromatic carbocycles. The highest BCUT2D eigenvalue weighted by Crippen LogP contribution is 2.21. The van der Waals surface area contributed by atoms with Crippen LogP contribution in [0, 0.1) is 0 Å². The van der Waals surface area contributed by atoms with Crippen molar-refractivity contribution >= 4 is 17.3 Å². The minimum absolute atomic E-state index is 0.131. The molecule has 94 valence electrons. The van der Waals surface area contributed by atoms with Crippen LogP contribution in [0.2, 0.25) is 5.02 Å². The number of aliphatic hydroxyl groups is 1. The van der Waals surface area contributed by atoms with Gasteiger partial charge in [-0.2, -0.15) is 0 Å². The highest BCUT2D eigenvalue weighted by Gasteiger charge is 2.20. The summed E-state index contributed by atoms with van der Waals surface area (Å²) in [5.41, 5.74) is 1.13. The number of benzene rings is 1. The largest absolute Gasteiger partial charge is 0.395 e. The molecule has 1 aliphatic heterocycles. The van der Waals surface area contributed by atoms with Gasteiger partial charge in [-0.3, -0.25) is 0 Å². The molecule has 0 radical (unpaired) electrons. The van der Waals surface area contributed by atoms with Crippen LogP contribution in [0.4, 0.5) is 5.69 Å². The highest BCUT2D eigenvalue weighted by molar-refractivity contribution is 6.30. The van der Waals surface area contributed by atoms with Crippen molar-refractivity contribution in [3.8, 4) is 0 Å². The minimum atomic E-state index is 0.131. The minimum Gasteiger partial charge on any atom is -0.395 e. The molecule has 0 bridgehead atoms. The highest BCUT2D eigenvalue weighted by atomic mass is 35.5. The third-order valence-electron chi connectivity index (χ3n) is 3.19. The van der Waals surface area contributed by atoms with Crippen molar-refractivity contribution in [1.82, 2.24) is 5.32 Å². The molecule has 2 atom stereocenters. The van der Waals surface area contributed by atoms with E-state index in [9.17, 15) is 5.11 Å². The zero-order chi connectivity index (χ0) is 12.3. The molecule has 17 heavy (non-hydrogen) atoms. The number of nitrogens with zero attached hydrogens (tertiary/aromatic N) is 1. The summed E-state index contributed by atoms with van der Waals surface area (Å²) in [5.74, 6) is 0. The quantitative estimate of drug-likeness (QED) is 0.846. The van der Waals surface area contributed by atoms with E-state index in [1.807, 2.05) is 18.2 Å². The van der Waals surface area contributed by atoms with E-state index in [-0.39, 0.29) is 12.6 Å². The average molecular weight is 255 g/mol. The van der Waals surface area contributed by atoms with Crippen LogP contribution in [-0.4, -0.2) is 36.9 Å². The van der Waals surface area contributed by atoms with Gasteiger partial charge in [0.05, 0.1) is 6.61 Å². The lowest BCUT2D eigenvalue weighted by Gasteiger charge is -2.25. The number of halogens is 1. The summed E-state index contributed by atoms with van der Waals surface area (Å²) in [7, 11) is 0. The third kappa shape index (κ3) is 3.35. The van der Waals surface area contributed by atoms with Gasteiger partial charge in [0.2, 0.25) is 0 Å². The van der Waals surface area contributed by atoms with Gasteiger partial charge in [0.1, 0.15) is 0 Å². The lowest BCUT2D eigenvalue weighted by atomic mass is 10.2. The number of rotatable bonds is 2. The maximum absolute atomic E-state index is 9.34. The molecule has 3 nitrogen and oxygen atoms in total. The smallest absolute Gasteiger partial charge is 0.0602 e. The van der Waals surface area contributed by atoms with Crippen LogP contribution in [0.1, 0.15) is 13.3 Å². The topological polar surface area (TPSA) is 35.5 Å². The van der Waals surface area contributed by atoms with Gasteiger partial charge in [0.25, 0.3) is 0 Å². The van der Waals surface area contributed by atoms with Crippen molar-refractivity contribution in [2.24, 2.45) is 0 Å². The van der Waals surface area contributed by atoms with E-state index in [0.717, 1.165) is 30.2 Å². The van der Waals surface area contributed by atoms with E-state index in [4.69, 9.17) is 11.6 Å². The average Bonchev–Trinajstić information content (AvgIpc) is 2.51. The number of hydrogen-bond donors (Lipinski definition) is 2. The molecular formula is C13H19ClN2O. The van der Waals surface area contributed by atoms with Gasteiger partial charge in [-0.05, 0) is 31.5 Å². The second-order valence-electron chi connectivity index (χ2n) is 4.66. The predicted molar refractivity (Wildman–Crippen MR) is 71.8 cm³/mol. The van der Waals surface area contributed by atoms with E-state index in [2.05, 4.69) is 23.2 Å². The Morgan fingerprint density at radius 2 is 2.35 bits per heavy atom. The maximum atomic E-state index is 9.34. The van der Waals surface area contributed by atoms with Crippen LogP contribution in [-0.2, 0) is 0 Å². The molecule has 1 saturated heterocycles. The molecule has 2 unspecified atom stereocenters. The van der Waals surface area contributed by atoms with Crippen molar-refractivity contribution in [3.05, 3.63) is 29.3 Å². The summed E-state index contributed by atoms with van der Waals surface area (Å²) in [6.45, 7) is 4.14. The van der Waals surface area contributed by atoms with Crippen molar-refractivity contribution in [2.75, 3.05) is 24.6 Å². The van der Waals surface area contributed by atoms with E-state index in [1.54, 1.807) is 0 Å². The molecule has 2 N–H and O–H groups in total. The zero-order valence-corrected chi connectivity index (χ0v) is 10.8. The first-order valence-corrected chi connectivity index (χ1v) is 6.44. The first kappa shape index (κ1) is 12.7. The molecule has 1 heterocycles. The molecule has 1 aromatic rings. The van der Waals surface area contributed by atoms with E-state index < -0.39 is 0 Å². The van der Waals surface area contributed by atoms with E-state index in [0.29, 0.717) is 6.04 Å². The molecule has 0 aliphatic carbocycles. The SMILES string of the molecule is CC1CCN(c2cccc(Cl)c2)CC(CO)N1. The van der Waals surface area contributed by atoms with Crippen molar-refractivity contribution in [1.29, 1.82) is 0 Å².